The molecular formula is C25H26F6N2O4. The summed E-state index contributed by atoms with van der Waals surface area (Å²) in [7, 11) is 1.53. The summed E-state index contributed by atoms with van der Waals surface area (Å²) in [5, 5.41) is 0. The van der Waals surface area contributed by atoms with Crippen LogP contribution in [0.4, 0.5) is 26.3 Å². The van der Waals surface area contributed by atoms with Gasteiger partial charge in [0.25, 0.3) is 5.91 Å². The molecule has 2 rings (SSSR count). The zero-order chi connectivity index (χ0) is 28.5. The smallest absolute Gasteiger partial charge is 0.416 e. The molecule has 0 aliphatic rings. The Morgan fingerprint density at radius 1 is 1.05 bits per heavy atom. The van der Waals surface area contributed by atoms with E-state index in [0.717, 1.165) is 4.90 Å². The summed E-state index contributed by atoms with van der Waals surface area (Å²) in [6, 6.07) is -0.799. The van der Waals surface area contributed by atoms with E-state index in [1.165, 1.54) is 31.5 Å². The number of esters is 1. The zero-order valence-corrected chi connectivity index (χ0v) is 20.8. The van der Waals surface area contributed by atoms with E-state index in [1.54, 1.807) is 13.8 Å². The van der Waals surface area contributed by atoms with Crippen molar-refractivity contribution in [2.75, 3.05) is 13.2 Å². The van der Waals surface area contributed by atoms with Crippen LogP contribution < -0.4 is 0 Å². The van der Waals surface area contributed by atoms with E-state index in [4.69, 9.17) is 4.74 Å². The number of ether oxygens (including phenoxy) is 1. The lowest BCUT2D eigenvalue weighted by Crippen LogP contribution is -2.44. The van der Waals surface area contributed by atoms with Crippen molar-refractivity contribution in [3.63, 3.8) is 0 Å². The van der Waals surface area contributed by atoms with Crippen molar-refractivity contribution in [1.29, 1.82) is 0 Å². The fourth-order valence-corrected chi connectivity index (χ4v) is 3.98. The maximum atomic E-state index is 13.5. The summed E-state index contributed by atoms with van der Waals surface area (Å²) in [6.45, 7) is 9.16. The normalized spacial score (nSPS) is 12.7. The first-order valence-electron chi connectivity index (χ1n) is 11.1. The number of hydrogen-bond acceptors (Lipinski definition) is 4. The molecular weight excluding hydrogens is 506 g/mol. The van der Waals surface area contributed by atoms with Crippen LogP contribution in [0.2, 0.25) is 0 Å². The molecule has 37 heavy (non-hydrogen) atoms. The van der Waals surface area contributed by atoms with Gasteiger partial charge in [-0.1, -0.05) is 6.08 Å². The second kappa shape index (κ2) is 10.8. The summed E-state index contributed by atoms with van der Waals surface area (Å²) in [5.74, 6) is -2.58. The van der Waals surface area contributed by atoms with Crippen LogP contribution in [-0.2, 0) is 24.1 Å². The molecule has 0 saturated heterocycles. The number of carbonyl (C=O) groups is 3. The average molecular weight is 532 g/mol. The Bertz CT molecular complexity index is 1190. The summed E-state index contributed by atoms with van der Waals surface area (Å²) < 4.78 is 86.3. The molecule has 0 unspecified atom stereocenters. The SMILES string of the molecule is C=CCN(C(=O)c1cc(C(F)(F)F)cc(C(F)(F)F)c1)[C@H](C)C(=O)c1c(C)c(C(=O)OCC)n(C)c1C. The van der Waals surface area contributed by atoms with Crippen LogP contribution in [0.25, 0.3) is 0 Å². The van der Waals surface area contributed by atoms with Crippen LogP contribution in [0, 0.1) is 13.8 Å². The molecule has 0 spiro atoms. The van der Waals surface area contributed by atoms with Crippen LogP contribution in [0.15, 0.2) is 30.9 Å². The number of ketones is 1. The van der Waals surface area contributed by atoms with Crippen LogP contribution in [0.1, 0.15) is 67.4 Å². The first-order valence-corrected chi connectivity index (χ1v) is 11.1. The monoisotopic (exact) mass is 532 g/mol. The largest absolute Gasteiger partial charge is 0.461 e. The van der Waals surface area contributed by atoms with Gasteiger partial charge in [0.05, 0.1) is 23.8 Å². The average Bonchev–Trinajstić information content (AvgIpc) is 3.02. The van der Waals surface area contributed by atoms with Gasteiger partial charge in [0.1, 0.15) is 5.69 Å². The van der Waals surface area contributed by atoms with Gasteiger partial charge in [-0.15, -0.1) is 6.58 Å². The molecule has 12 heteroatoms. The van der Waals surface area contributed by atoms with E-state index in [-0.39, 0.29) is 36.0 Å². The second-order valence-electron chi connectivity index (χ2n) is 8.29. The Morgan fingerprint density at radius 2 is 1.57 bits per heavy atom. The van der Waals surface area contributed by atoms with Gasteiger partial charge in [-0.25, -0.2) is 4.79 Å². The molecule has 0 radical (unpaired) electrons. The van der Waals surface area contributed by atoms with Gasteiger partial charge in [0.2, 0.25) is 0 Å². The van der Waals surface area contributed by atoms with Gasteiger partial charge >= 0.3 is 18.3 Å². The molecule has 202 valence electrons. The lowest BCUT2D eigenvalue weighted by atomic mass is 9.98. The third kappa shape index (κ3) is 6.05. The fourth-order valence-electron chi connectivity index (χ4n) is 3.98. The van der Waals surface area contributed by atoms with E-state index in [0.29, 0.717) is 17.8 Å². The van der Waals surface area contributed by atoms with Gasteiger partial charge < -0.3 is 14.2 Å². The summed E-state index contributed by atoms with van der Waals surface area (Å²) in [6.07, 6.45) is -9.11. The number of rotatable bonds is 8. The standard InChI is InChI=1S/C25H26F6N2O4/c1-7-9-33(22(35)16-10-17(24(26,27)28)12-18(11-16)25(29,30)31)15(5)21(34)19-13(3)20(23(36)37-8-2)32(6)14(19)4/h7,10-12,15H,1,8-9H2,2-6H3/t15-/m1/s1. The van der Waals surface area contributed by atoms with Crippen LogP contribution in [-0.4, -0.2) is 46.3 Å². The molecule has 0 saturated carbocycles. The molecule has 1 heterocycles. The van der Waals surface area contributed by atoms with Gasteiger partial charge in [-0.3, -0.25) is 9.59 Å². The van der Waals surface area contributed by atoms with Gasteiger partial charge in [0.15, 0.2) is 5.78 Å². The molecule has 1 atom stereocenters. The van der Waals surface area contributed by atoms with E-state index >= 15 is 0 Å². The third-order valence-corrected chi connectivity index (χ3v) is 5.91. The molecule has 6 nitrogen and oxygen atoms in total. The van der Waals surface area contributed by atoms with Gasteiger partial charge in [-0.2, -0.15) is 26.3 Å². The topological polar surface area (TPSA) is 68.6 Å². The van der Waals surface area contributed by atoms with Crippen molar-refractivity contribution in [3.8, 4) is 0 Å². The van der Waals surface area contributed by atoms with Crippen molar-refractivity contribution in [2.24, 2.45) is 7.05 Å². The summed E-state index contributed by atoms with van der Waals surface area (Å²) in [5.41, 5.74) is -3.39. The predicted octanol–water partition coefficient (Wildman–Crippen LogP) is 5.76. The molecule has 1 amide bonds. The Kier molecular flexibility index (Phi) is 8.67. The number of hydrogen-bond donors (Lipinski definition) is 0. The molecule has 0 N–H and O–H groups in total. The van der Waals surface area contributed by atoms with Crippen LogP contribution >= 0.6 is 0 Å². The maximum absolute atomic E-state index is 13.5. The summed E-state index contributed by atoms with van der Waals surface area (Å²) >= 11 is 0. The second-order valence-corrected chi connectivity index (χ2v) is 8.29. The van der Waals surface area contributed by atoms with Crippen molar-refractivity contribution in [2.45, 2.75) is 46.1 Å². The predicted molar refractivity (Wildman–Crippen MR) is 122 cm³/mol. The first-order chi connectivity index (χ1) is 17.0. The molecule has 1 aromatic heterocycles. The van der Waals surface area contributed by atoms with Crippen molar-refractivity contribution >= 4 is 17.7 Å². The lowest BCUT2D eigenvalue weighted by Gasteiger charge is -2.28. The highest BCUT2D eigenvalue weighted by atomic mass is 19.4. The number of nitrogens with zero attached hydrogens (tertiary/aromatic N) is 2. The number of aromatic nitrogens is 1. The fraction of sp³-hybridized carbons (Fsp3) is 0.400. The highest BCUT2D eigenvalue weighted by Crippen LogP contribution is 2.37. The third-order valence-electron chi connectivity index (χ3n) is 5.91. The highest BCUT2D eigenvalue weighted by molar-refractivity contribution is 6.07. The molecule has 0 bridgehead atoms. The quantitative estimate of drug-likeness (QED) is 0.188. The van der Waals surface area contributed by atoms with Crippen LogP contribution in [0.3, 0.4) is 0 Å². The van der Waals surface area contributed by atoms with Gasteiger partial charge in [0, 0.05) is 30.4 Å². The number of alkyl halides is 6. The van der Waals surface area contributed by atoms with Crippen molar-refractivity contribution in [1.82, 2.24) is 9.47 Å². The van der Waals surface area contributed by atoms with Crippen LogP contribution in [0.5, 0.6) is 0 Å². The molecule has 0 aliphatic carbocycles. The number of Topliss-reactive ketones (excluding diaryl/α,β-unsaturated/α-hetero) is 1. The van der Waals surface area contributed by atoms with E-state index in [1.807, 2.05) is 0 Å². The minimum atomic E-state index is -5.15. The van der Waals surface area contributed by atoms with Crippen molar-refractivity contribution < 1.29 is 45.5 Å². The molecule has 1 aromatic carbocycles. The molecule has 0 aliphatic heterocycles. The number of halogens is 6. The van der Waals surface area contributed by atoms with E-state index in [9.17, 15) is 40.7 Å². The lowest BCUT2D eigenvalue weighted by molar-refractivity contribution is -0.143. The van der Waals surface area contributed by atoms with Crippen molar-refractivity contribution in [3.05, 3.63) is 70.1 Å². The molecule has 0 fully saturated rings. The number of amides is 1. The van der Waals surface area contributed by atoms with E-state index < -0.39 is 52.7 Å². The summed E-state index contributed by atoms with van der Waals surface area (Å²) in [4.78, 5) is 39.9. The number of benzene rings is 1. The Labute approximate surface area is 209 Å². The molecule has 2 aromatic rings. The van der Waals surface area contributed by atoms with Gasteiger partial charge in [-0.05, 0) is 51.5 Å². The Balaban J connectivity index is 2.59. The first kappa shape index (κ1) is 29.7. The van der Waals surface area contributed by atoms with E-state index in [2.05, 4.69) is 6.58 Å². The number of carbonyl (C=O) groups excluding carboxylic acids is 3. The Morgan fingerprint density at radius 3 is 2.00 bits per heavy atom. The highest BCUT2D eigenvalue weighted by Gasteiger charge is 2.39. The minimum absolute atomic E-state index is 0.0833. The minimum Gasteiger partial charge on any atom is -0.461 e. The maximum Gasteiger partial charge on any atom is 0.416 e. The Hall–Kier alpha value is -3.57. The zero-order valence-electron chi connectivity index (χ0n) is 20.8.